The number of carboxylic acid groups (broad SMARTS) is 1. The summed E-state index contributed by atoms with van der Waals surface area (Å²) in [7, 11) is 1.47. The van der Waals surface area contributed by atoms with Crippen LogP contribution >= 0.6 is 0 Å². The Hall–Kier alpha value is -1.38. The molecule has 0 saturated carbocycles. The zero-order valence-electron chi connectivity index (χ0n) is 11.7. The molecule has 2 amide bonds. The van der Waals surface area contributed by atoms with E-state index in [1.165, 1.54) is 12.0 Å². The van der Waals surface area contributed by atoms with Crippen LogP contribution < -0.4 is 5.32 Å². The standard InChI is InChI=1S/C12H22N2O6/c1-8-5-14(6-9(7-15)20-8)12(18)13-10(11(16)17)3-4-19-2/h8-10,15H,3-7H2,1-2H3,(H,13,18)(H,16,17). The van der Waals surface area contributed by atoms with Gasteiger partial charge >= 0.3 is 12.0 Å². The summed E-state index contributed by atoms with van der Waals surface area (Å²) in [6, 6.07) is -1.46. The number of morpholine rings is 1. The monoisotopic (exact) mass is 290 g/mol. The van der Waals surface area contributed by atoms with E-state index in [4.69, 9.17) is 19.7 Å². The van der Waals surface area contributed by atoms with E-state index >= 15 is 0 Å². The second kappa shape index (κ2) is 8.03. The van der Waals surface area contributed by atoms with Gasteiger partial charge in [-0.2, -0.15) is 0 Å². The number of nitrogens with one attached hydrogen (secondary N) is 1. The third kappa shape index (κ3) is 4.95. The number of hydrogen-bond acceptors (Lipinski definition) is 5. The molecule has 0 radical (unpaired) electrons. The molecule has 1 heterocycles. The van der Waals surface area contributed by atoms with Gasteiger partial charge in [0.15, 0.2) is 0 Å². The molecule has 3 unspecified atom stereocenters. The van der Waals surface area contributed by atoms with Crippen LogP contribution in [0.2, 0.25) is 0 Å². The first-order chi connectivity index (χ1) is 9.47. The van der Waals surface area contributed by atoms with Gasteiger partial charge in [-0.15, -0.1) is 0 Å². The maximum absolute atomic E-state index is 12.1. The molecule has 3 N–H and O–H groups in total. The lowest BCUT2D eigenvalue weighted by Gasteiger charge is -2.36. The van der Waals surface area contributed by atoms with Crippen LogP contribution in [0.3, 0.4) is 0 Å². The zero-order valence-corrected chi connectivity index (χ0v) is 11.7. The van der Waals surface area contributed by atoms with Crippen molar-refractivity contribution in [3.63, 3.8) is 0 Å². The summed E-state index contributed by atoms with van der Waals surface area (Å²) in [5, 5.41) is 20.6. The average molecular weight is 290 g/mol. The quantitative estimate of drug-likeness (QED) is 0.595. The average Bonchev–Trinajstić information content (AvgIpc) is 2.42. The van der Waals surface area contributed by atoms with Gasteiger partial charge < -0.3 is 29.9 Å². The van der Waals surface area contributed by atoms with Gasteiger partial charge in [-0.3, -0.25) is 0 Å². The molecule has 20 heavy (non-hydrogen) atoms. The minimum Gasteiger partial charge on any atom is -0.480 e. The van der Waals surface area contributed by atoms with Gasteiger partial charge in [0, 0.05) is 26.7 Å². The van der Waals surface area contributed by atoms with Crippen LogP contribution in [0.5, 0.6) is 0 Å². The van der Waals surface area contributed by atoms with E-state index in [2.05, 4.69) is 5.32 Å². The molecule has 8 nitrogen and oxygen atoms in total. The van der Waals surface area contributed by atoms with E-state index in [-0.39, 0.29) is 32.3 Å². The summed E-state index contributed by atoms with van der Waals surface area (Å²) in [6.45, 7) is 2.46. The Morgan fingerprint density at radius 3 is 2.75 bits per heavy atom. The molecule has 0 aromatic carbocycles. The van der Waals surface area contributed by atoms with Gasteiger partial charge in [-0.05, 0) is 6.92 Å². The van der Waals surface area contributed by atoms with Crippen LogP contribution in [-0.4, -0.2) is 78.8 Å². The number of urea groups is 1. The predicted molar refractivity (Wildman–Crippen MR) is 69.4 cm³/mol. The van der Waals surface area contributed by atoms with Crippen LogP contribution in [0, 0.1) is 0 Å². The Balaban J connectivity index is 2.56. The van der Waals surface area contributed by atoms with E-state index in [0.717, 1.165) is 0 Å². The summed E-state index contributed by atoms with van der Waals surface area (Å²) < 4.78 is 10.2. The molecular formula is C12H22N2O6. The topological polar surface area (TPSA) is 108 Å². The number of hydrogen-bond donors (Lipinski definition) is 3. The number of aliphatic hydroxyl groups is 1. The first kappa shape index (κ1) is 16.7. The van der Waals surface area contributed by atoms with Crippen molar-refractivity contribution < 1.29 is 29.3 Å². The molecule has 1 fully saturated rings. The zero-order chi connectivity index (χ0) is 15.1. The number of aliphatic carboxylic acids is 1. The van der Waals surface area contributed by atoms with E-state index in [0.29, 0.717) is 6.54 Å². The number of amides is 2. The lowest BCUT2D eigenvalue weighted by Crippen LogP contribution is -2.56. The summed E-state index contributed by atoms with van der Waals surface area (Å²) >= 11 is 0. The highest BCUT2D eigenvalue weighted by molar-refractivity contribution is 5.82. The number of ether oxygens (including phenoxy) is 2. The molecule has 0 bridgehead atoms. The van der Waals surface area contributed by atoms with Crippen LogP contribution in [0.1, 0.15) is 13.3 Å². The van der Waals surface area contributed by atoms with Crippen LogP contribution in [0.4, 0.5) is 4.79 Å². The maximum Gasteiger partial charge on any atom is 0.326 e. The fourth-order valence-electron chi connectivity index (χ4n) is 2.05. The lowest BCUT2D eigenvalue weighted by atomic mass is 10.2. The molecule has 8 heteroatoms. The summed E-state index contributed by atoms with van der Waals surface area (Å²) in [6.07, 6.45) is -0.443. The Labute approximate surface area is 117 Å². The SMILES string of the molecule is COCCC(NC(=O)N1CC(C)OC(CO)C1)C(=O)O. The second-order valence-corrected chi connectivity index (χ2v) is 4.78. The second-order valence-electron chi connectivity index (χ2n) is 4.78. The van der Waals surface area contributed by atoms with Crippen LogP contribution in [-0.2, 0) is 14.3 Å². The highest BCUT2D eigenvalue weighted by Gasteiger charge is 2.30. The van der Waals surface area contributed by atoms with Gasteiger partial charge in [0.25, 0.3) is 0 Å². The highest BCUT2D eigenvalue weighted by atomic mass is 16.5. The molecule has 1 aliphatic heterocycles. The molecule has 0 spiro atoms. The highest BCUT2D eigenvalue weighted by Crippen LogP contribution is 2.11. The van der Waals surface area contributed by atoms with Gasteiger partial charge in [0.2, 0.25) is 0 Å². The molecule has 1 aliphatic rings. The van der Waals surface area contributed by atoms with Crippen molar-refractivity contribution in [1.82, 2.24) is 10.2 Å². The molecule has 1 saturated heterocycles. The molecule has 0 aromatic rings. The predicted octanol–water partition coefficient (Wildman–Crippen LogP) is -0.733. The fraction of sp³-hybridized carbons (Fsp3) is 0.833. The normalized spacial score (nSPS) is 24.2. The number of nitrogens with zero attached hydrogens (tertiary/aromatic N) is 1. The summed E-state index contributed by atoms with van der Waals surface area (Å²) in [4.78, 5) is 24.6. The molecule has 1 rings (SSSR count). The number of methoxy groups -OCH3 is 1. The van der Waals surface area contributed by atoms with Crippen molar-refractivity contribution in [3.8, 4) is 0 Å². The van der Waals surface area contributed by atoms with Crippen molar-refractivity contribution in [3.05, 3.63) is 0 Å². The fourth-order valence-corrected chi connectivity index (χ4v) is 2.05. The smallest absolute Gasteiger partial charge is 0.326 e. The van der Waals surface area contributed by atoms with Crippen molar-refractivity contribution in [2.75, 3.05) is 33.4 Å². The van der Waals surface area contributed by atoms with Crippen molar-refractivity contribution in [1.29, 1.82) is 0 Å². The van der Waals surface area contributed by atoms with E-state index in [9.17, 15) is 9.59 Å². The van der Waals surface area contributed by atoms with Crippen molar-refractivity contribution >= 4 is 12.0 Å². The Kier molecular flexibility index (Phi) is 6.69. The Morgan fingerprint density at radius 1 is 1.50 bits per heavy atom. The first-order valence-electron chi connectivity index (χ1n) is 6.51. The number of aliphatic hydroxyl groups excluding tert-OH is 1. The van der Waals surface area contributed by atoms with Gasteiger partial charge in [-0.1, -0.05) is 0 Å². The van der Waals surface area contributed by atoms with Crippen LogP contribution in [0.15, 0.2) is 0 Å². The largest absolute Gasteiger partial charge is 0.480 e. The Morgan fingerprint density at radius 2 is 2.20 bits per heavy atom. The molecular weight excluding hydrogens is 268 g/mol. The summed E-state index contributed by atoms with van der Waals surface area (Å²) in [5.74, 6) is -1.10. The third-order valence-corrected chi connectivity index (χ3v) is 3.02. The first-order valence-corrected chi connectivity index (χ1v) is 6.51. The van der Waals surface area contributed by atoms with Crippen molar-refractivity contribution in [2.45, 2.75) is 31.6 Å². The Bertz CT molecular complexity index is 338. The van der Waals surface area contributed by atoms with E-state index in [1.807, 2.05) is 0 Å². The number of carbonyl (C=O) groups excluding carboxylic acids is 1. The van der Waals surface area contributed by atoms with Gasteiger partial charge in [0.1, 0.15) is 6.04 Å². The number of rotatable bonds is 6. The lowest BCUT2D eigenvalue weighted by molar-refractivity contribution is -0.139. The molecule has 0 aromatic heterocycles. The minimum atomic E-state index is -1.10. The summed E-state index contributed by atoms with van der Waals surface area (Å²) in [5.41, 5.74) is 0. The van der Waals surface area contributed by atoms with E-state index in [1.54, 1.807) is 6.92 Å². The molecule has 3 atom stereocenters. The van der Waals surface area contributed by atoms with Crippen LogP contribution in [0.25, 0.3) is 0 Å². The van der Waals surface area contributed by atoms with Gasteiger partial charge in [-0.25, -0.2) is 9.59 Å². The molecule has 116 valence electrons. The van der Waals surface area contributed by atoms with Gasteiger partial charge in [0.05, 0.1) is 25.4 Å². The maximum atomic E-state index is 12.1. The number of carbonyl (C=O) groups is 2. The third-order valence-electron chi connectivity index (χ3n) is 3.02. The van der Waals surface area contributed by atoms with Crippen molar-refractivity contribution in [2.24, 2.45) is 0 Å². The number of carboxylic acids is 1. The molecule has 0 aliphatic carbocycles. The van der Waals surface area contributed by atoms with E-state index < -0.39 is 24.1 Å². The minimum absolute atomic E-state index is 0.180.